The molecule has 0 saturated carbocycles. The SMILES string of the molecule is CCCCCCCCSc1cccc(C(C)NC)c1. The molecular formula is C17H29NS. The minimum Gasteiger partial charge on any atom is -0.313 e. The van der Waals surface area contributed by atoms with Gasteiger partial charge in [0.05, 0.1) is 0 Å². The quantitative estimate of drug-likeness (QED) is 0.453. The van der Waals surface area contributed by atoms with E-state index in [0.717, 1.165) is 0 Å². The molecule has 1 aromatic rings. The Balaban J connectivity index is 2.22. The van der Waals surface area contributed by atoms with Gasteiger partial charge in [-0.1, -0.05) is 51.2 Å². The number of rotatable bonds is 10. The van der Waals surface area contributed by atoms with Gasteiger partial charge in [0.1, 0.15) is 0 Å². The number of nitrogens with one attached hydrogen (secondary N) is 1. The molecule has 0 heterocycles. The molecule has 0 spiro atoms. The van der Waals surface area contributed by atoms with Gasteiger partial charge in [-0.25, -0.2) is 0 Å². The van der Waals surface area contributed by atoms with Crippen LogP contribution in [0.4, 0.5) is 0 Å². The van der Waals surface area contributed by atoms with Crippen LogP contribution in [0.2, 0.25) is 0 Å². The van der Waals surface area contributed by atoms with E-state index >= 15 is 0 Å². The molecule has 1 atom stereocenters. The van der Waals surface area contributed by atoms with Crippen LogP contribution in [-0.4, -0.2) is 12.8 Å². The highest BCUT2D eigenvalue weighted by atomic mass is 32.2. The van der Waals surface area contributed by atoms with Crippen molar-refractivity contribution in [2.75, 3.05) is 12.8 Å². The van der Waals surface area contributed by atoms with E-state index in [-0.39, 0.29) is 0 Å². The predicted octanol–water partition coefficient (Wildman–Crippen LogP) is 5.42. The first-order chi connectivity index (χ1) is 9.27. The van der Waals surface area contributed by atoms with Gasteiger partial charge in [-0.15, -0.1) is 11.8 Å². The van der Waals surface area contributed by atoms with Crippen molar-refractivity contribution in [2.24, 2.45) is 0 Å². The van der Waals surface area contributed by atoms with Crippen LogP contribution in [0.1, 0.15) is 64.0 Å². The van der Waals surface area contributed by atoms with Crippen molar-refractivity contribution in [1.82, 2.24) is 5.32 Å². The summed E-state index contributed by atoms with van der Waals surface area (Å²) in [6, 6.07) is 9.37. The van der Waals surface area contributed by atoms with Crippen molar-refractivity contribution in [2.45, 2.75) is 63.3 Å². The maximum Gasteiger partial charge on any atom is 0.0289 e. The zero-order valence-corrected chi connectivity index (χ0v) is 13.6. The van der Waals surface area contributed by atoms with E-state index in [4.69, 9.17) is 0 Å². The fourth-order valence-electron chi connectivity index (χ4n) is 2.11. The van der Waals surface area contributed by atoms with Gasteiger partial charge >= 0.3 is 0 Å². The third kappa shape index (κ3) is 7.03. The fraction of sp³-hybridized carbons (Fsp3) is 0.647. The summed E-state index contributed by atoms with van der Waals surface area (Å²) in [5.41, 5.74) is 1.38. The fourth-order valence-corrected chi connectivity index (χ4v) is 3.09. The van der Waals surface area contributed by atoms with Gasteiger partial charge in [0, 0.05) is 10.9 Å². The Kier molecular flexibility index (Phi) is 9.02. The molecule has 0 aromatic heterocycles. The molecule has 1 rings (SSSR count). The van der Waals surface area contributed by atoms with Crippen LogP contribution in [0.25, 0.3) is 0 Å². The Morgan fingerprint density at radius 2 is 1.84 bits per heavy atom. The highest BCUT2D eigenvalue weighted by Crippen LogP contribution is 2.23. The summed E-state index contributed by atoms with van der Waals surface area (Å²) in [5.74, 6) is 1.25. The second kappa shape index (κ2) is 10.3. The van der Waals surface area contributed by atoms with E-state index in [1.165, 1.54) is 54.7 Å². The summed E-state index contributed by atoms with van der Waals surface area (Å²) in [5, 5.41) is 3.30. The molecule has 1 nitrogen and oxygen atoms in total. The lowest BCUT2D eigenvalue weighted by Gasteiger charge is -2.11. The lowest BCUT2D eigenvalue weighted by molar-refractivity contribution is 0.627. The first kappa shape index (κ1) is 16.6. The van der Waals surface area contributed by atoms with Crippen molar-refractivity contribution >= 4 is 11.8 Å². The van der Waals surface area contributed by atoms with Crippen LogP contribution < -0.4 is 5.32 Å². The molecule has 19 heavy (non-hydrogen) atoms. The van der Waals surface area contributed by atoms with E-state index in [1.54, 1.807) is 0 Å². The first-order valence-corrected chi connectivity index (χ1v) is 8.66. The monoisotopic (exact) mass is 279 g/mol. The van der Waals surface area contributed by atoms with Gasteiger partial charge in [-0.3, -0.25) is 0 Å². The smallest absolute Gasteiger partial charge is 0.0289 e. The van der Waals surface area contributed by atoms with E-state index in [0.29, 0.717) is 6.04 Å². The van der Waals surface area contributed by atoms with Crippen molar-refractivity contribution in [3.63, 3.8) is 0 Å². The van der Waals surface area contributed by atoms with Crippen LogP contribution in [0.15, 0.2) is 29.2 Å². The molecule has 0 fully saturated rings. The summed E-state index contributed by atoms with van der Waals surface area (Å²) in [4.78, 5) is 1.41. The second-order valence-electron chi connectivity index (χ2n) is 5.20. The zero-order valence-electron chi connectivity index (χ0n) is 12.7. The highest BCUT2D eigenvalue weighted by molar-refractivity contribution is 7.99. The standard InChI is InChI=1S/C17H29NS/c1-4-5-6-7-8-9-13-19-17-12-10-11-16(14-17)15(2)18-3/h10-12,14-15,18H,4-9,13H2,1-3H3. The molecule has 0 saturated heterocycles. The van der Waals surface area contributed by atoms with Gasteiger partial charge in [0.15, 0.2) is 0 Å². The summed E-state index contributed by atoms with van der Waals surface area (Å²) in [7, 11) is 2.01. The van der Waals surface area contributed by atoms with Crippen LogP contribution in [-0.2, 0) is 0 Å². The predicted molar refractivity (Wildman–Crippen MR) is 88.0 cm³/mol. The largest absolute Gasteiger partial charge is 0.313 e. The molecule has 2 heteroatoms. The summed E-state index contributed by atoms with van der Waals surface area (Å²) < 4.78 is 0. The van der Waals surface area contributed by atoms with Gasteiger partial charge in [0.2, 0.25) is 0 Å². The lowest BCUT2D eigenvalue weighted by atomic mass is 10.1. The molecule has 0 aliphatic rings. The topological polar surface area (TPSA) is 12.0 Å². The number of hydrogen-bond acceptors (Lipinski definition) is 2. The lowest BCUT2D eigenvalue weighted by Crippen LogP contribution is -2.11. The van der Waals surface area contributed by atoms with Crippen molar-refractivity contribution < 1.29 is 0 Å². The first-order valence-electron chi connectivity index (χ1n) is 7.68. The van der Waals surface area contributed by atoms with Gasteiger partial charge in [-0.05, 0) is 43.8 Å². The Bertz CT molecular complexity index is 338. The van der Waals surface area contributed by atoms with Gasteiger partial charge < -0.3 is 5.32 Å². The molecule has 0 radical (unpaired) electrons. The average Bonchev–Trinajstić information content (AvgIpc) is 2.46. The molecule has 0 aliphatic heterocycles. The summed E-state index contributed by atoms with van der Waals surface area (Å²) >= 11 is 2.00. The van der Waals surface area contributed by atoms with Crippen molar-refractivity contribution in [3.05, 3.63) is 29.8 Å². The normalized spacial score (nSPS) is 12.6. The molecule has 108 valence electrons. The summed E-state index contributed by atoms with van der Waals surface area (Å²) in [6.45, 7) is 4.48. The van der Waals surface area contributed by atoms with Crippen molar-refractivity contribution in [1.29, 1.82) is 0 Å². The highest BCUT2D eigenvalue weighted by Gasteiger charge is 2.03. The molecule has 0 bridgehead atoms. The number of unbranched alkanes of at least 4 members (excludes halogenated alkanes) is 5. The number of thioether (sulfide) groups is 1. The Hall–Kier alpha value is -0.470. The zero-order chi connectivity index (χ0) is 13.9. The third-order valence-corrected chi connectivity index (χ3v) is 4.64. The maximum absolute atomic E-state index is 3.30. The maximum atomic E-state index is 3.30. The molecule has 1 unspecified atom stereocenters. The minimum atomic E-state index is 0.439. The van der Waals surface area contributed by atoms with Gasteiger partial charge in [-0.2, -0.15) is 0 Å². The van der Waals surface area contributed by atoms with Crippen LogP contribution in [0.5, 0.6) is 0 Å². The van der Waals surface area contributed by atoms with Crippen LogP contribution in [0.3, 0.4) is 0 Å². The van der Waals surface area contributed by atoms with E-state index in [2.05, 4.69) is 43.4 Å². The molecular weight excluding hydrogens is 250 g/mol. The summed E-state index contributed by atoms with van der Waals surface area (Å²) in [6.07, 6.45) is 8.30. The third-order valence-electron chi connectivity index (χ3n) is 3.56. The Morgan fingerprint density at radius 3 is 2.58 bits per heavy atom. The van der Waals surface area contributed by atoms with E-state index in [9.17, 15) is 0 Å². The second-order valence-corrected chi connectivity index (χ2v) is 6.37. The van der Waals surface area contributed by atoms with E-state index < -0.39 is 0 Å². The van der Waals surface area contributed by atoms with Gasteiger partial charge in [0.25, 0.3) is 0 Å². The number of benzene rings is 1. The van der Waals surface area contributed by atoms with Crippen LogP contribution >= 0.6 is 11.8 Å². The Morgan fingerprint density at radius 1 is 1.11 bits per heavy atom. The molecule has 0 amide bonds. The number of hydrogen-bond donors (Lipinski definition) is 1. The molecule has 1 N–H and O–H groups in total. The van der Waals surface area contributed by atoms with Crippen LogP contribution in [0, 0.1) is 0 Å². The average molecular weight is 279 g/mol. The molecule has 0 aliphatic carbocycles. The van der Waals surface area contributed by atoms with E-state index in [1.807, 2.05) is 18.8 Å². The molecule has 1 aromatic carbocycles. The van der Waals surface area contributed by atoms with Crippen molar-refractivity contribution in [3.8, 4) is 0 Å². The minimum absolute atomic E-state index is 0.439. The Labute approximate surface area is 123 Å².